The lowest BCUT2D eigenvalue weighted by atomic mass is 9.91. The predicted molar refractivity (Wildman–Crippen MR) is 57.9 cm³/mol. The van der Waals surface area contributed by atoms with Crippen molar-refractivity contribution in [2.45, 2.75) is 33.2 Å². The monoisotopic (exact) mass is 195 g/mol. The molecule has 3 nitrogen and oxygen atoms in total. The number of hydrogen-bond donors (Lipinski definition) is 1. The van der Waals surface area contributed by atoms with Gasteiger partial charge in [0.05, 0.1) is 11.5 Å². The quantitative estimate of drug-likeness (QED) is 0.736. The van der Waals surface area contributed by atoms with Gasteiger partial charge in [0.2, 0.25) is 0 Å². The van der Waals surface area contributed by atoms with Gasteiger partial charge in [0.25, 0.3) is 0 Å². The highest BCUT2D eigenvalue weighted by atomic mass is 15.2. The molecule has 0 aromatic rings. The molecule has 0 radical (unpaired) electrons. The van der Waals surface area contributed by atoms with Crippen molar-refractivity contribution in [3.63, 3.8) is 0 Å². The molecule has 0 spiro atoms. The Labute approximate surface area is 87.1 Å². The van der Waals surface area contributed by atoms with E-state index in [0.29, 0.717) is 6.04 Å². The van der Waals surface area contributed by atoms with Gasteiger partial charge in [0, 0.05) is 32.2 Å². The average molecular weight is 195 g/mol. The fourth-order valence-electron chi connectivity index (χ4n) is 1.69. The number of rotatable bonds is 3. The van der Waals surface area contributed by atoms with Crippen LogP contribution in [-0.2, 0) is 0 Å². The Balaban J connectivity index is 2.33. The normalized spacial score (nSPS) is 24.6. The standard InChI is InChI=1S/C11H21N3/c1-10-8-13-5-7-14(10)6-4-11(2,3)9-12/h10,13H,4-8H2,1-3H3/t10-/m1/s1. The molecule has 0 saturated carbocycles. The third-order valence-electron chi connectivity index (χ3n) is 2.97. The molecular weight excluding hydrogens is 174 g/mol. The number of nitriles is 1. The van der Waals surface area contributed by atoms with Crippen molar-refractivity contribution in [2.24, 2.45) is 5.41 Å². The van der Waals surface area contributed by atoms with E-state index in [1.165, 1.54) is 0 Å². The van der Waals surface area contributed by atoms with Gasteiger partial charge in [0.1, 0.15) is 0 Å². The highest BCUT2D eigenvalue weighted by Gasteiger charge is 2.22. The predicted octanol–water partition coefficient (Wildman–Crippen LogP) is 1.22. The van der Waals surface area contributed by atoms with Crippen LogP contribution < -0.4 is 5.32 Å². The van der Waals surface area contributed by atoms with Crippen molar-refractivity contribution in [3.05, 3.63) is 0 Å². The van der Waals surface area contributed by atoms with Crippen molar-refractivity contribution in [1.29, 1.82) is 5.26 Å². The molecule has 80 valence electrons. The molecule has 1 saturated heterocycles. The summed E-state index contributed by atoms with van der Waals surface area (Å²) < 4.78 is 0. The van der Waals surface area contributed by atoms with E-state index in [0.717, 1.165) is 32.6 Å². The summed E-state index contributed by atoms with van der Waals surface area (Å²) in [6, 6.07) is 2.96. The Hall–Kier alpha value is -0.590. The summed E-state index contributed by atoms with van der Waals surface area (Å²) in [5.74, 6) is 0. The zero-order chi connectivity index (χ0) is 10.6. The van der Waals surface area contributed by atoms with Gasteiger partial charge in [-0.2, -0.15) is 5.26 Å². The molecule has 1 rings (SSSR count). The molecule has 3 heteroatoms. The van der Waals surface area contributed by atoms with Crippen LogP contribution >= 0.6 is 0 Å². The van der Waals surface area contributed by atoms with E-state index in [-0.39, 0.29) is 5.41 Å². The number of nitrogens with zero attached hydrogens (tertiary/aromatic N) is 2. The summed E-state index contributed by atoms with van der Waals surface area (Å²) >= 11 is 0. The van der Waals surface area contributed by atoms with Gasteiger partial charge in [-0.25, -0.2) is 0 Å². The van der Waals surface area contributed by atoms with Crippen molar-refractivity contribution in [2.75, 3.05) is 26.2 Å². The Kier molecular flexibility index (Phi) is 3.91. The molecule has 1 fully saturated rings. The fourth-order valence-corrected chi connectivity index (χ4v) is 1.69. The lowest BCUT2D eigenvalue weighted by molar-refractivity contribution is 0.158. The lowest BCUT2D eigenvalue weighted by Crippen LogP contribution is -2.50. The first-order valence-corrected chi connectivity index (χ1v) is 5.41. The van der Waals surface area contributed by atoms with Gasteiger partial charge in [-0.3, -0.25) is 4.90 Å². The molecular formula is C11H21N3. The molecule has 1 heterocycles. The van der Waals surface area contributed by atoms with Gasteiger partial charge >= 0.3 is 0 Å². The molecule has 0 aliphatic carbocycles. The van der Waals surface area contributed by atoms with Crippen LogP contribution in [0.15, 0.2) is 0 Å². The zero-order valence-electron chi connectivity index (χ0n) is 9.51. The molecule has 1 aliphatic heterocycles. The van der Waals surface area contributed by atoms with Crippen molar-refractivity contribution < 1.29 is 0 Å². The minimum Gasteiger partial charge on any atom is -0.314 e. The molecule has 0 unspecified atom stereocenters. The van der Waals surface area contributed by atoms with E-state index in [2.05, 4.69) is 23.2 Å². The van der Waals surface area contributed by atoms with Crippen LogP contribution in [0.1, 0.15) is 27.2 Å². The molecule has 0 bridgehead atoms. The minimum atomic E-state index is -0.176. The molecule has 0 aromatic carbocycles. The topological polar surface area (TPSA) is 39.1 Å². The largest absolute Gasteiger partial charge is 0.314 e. The highest BCUT2D eigenvalue weighted by molar-refractivity contribution is 4.92. The van der Waals surface area contributed by atoms with Crippen LogP contribution in [0.25, 0.3) is 0 Å². The third kappa shape index (κ3) is 3.28. The summed E-state index contributed by atoms with van der Waals surface area (Å²) in [6.07, 6.45) is 0.966. The molecule has 14 heavy (non-hydrogen) atoms. The second-order valence-electron chi connectivity index (χ2n) is 4.83. The van der Waals surface area contributed by atoms with E-state index in [1.54, 1.807) is 0 Å². The van der Waals surface area contributed by atoms with Crippen LogP contribution in [0, 0.1) is 16.7 Å². The van der Waals surface area contributed by atoms with E-state index in [1.807, 2.05) is 13.8 Å². The van der Waals surface area contributed by atoms with E-state index < -0.39 is 0 Å². The SMILES string of the molecule is C[C@@H]1CNCCN1CCC(C)(C)C#N. The zero-order valence-corrected chi connectivity index (χ0v) is 9.51. The molecule has 1 aliphatic rings. The number of piperazine rings is 1. The summed E-state index contributed by atoms with van der Waals surface area (Å²) in [6.45, 7) is 10.6. The fraction of sp³-hybridized carbons (Fsp3) is 0.909. The van der Waals surface area contributed by atoms with Gasteiger partial charge in [-0.05, 0) is 27.2 Å². The molecule has 1 atom stereocenters. The number of hydrogen-bond acceptors (Lipinski definition) is 3. The van der Waals surface area contributed by atoms with Gasteiger partial charge in [0.15, 0.2) is 0 Å². The maximum atomic E-state index is 8.91. The van der Waals surface area contributed by atoms with Crippen LogP contribution in [0.4, 0.5) is 0 Å². The van der Waals surface area contributed by atoms with Crippen molar-refractivity contribution >= 4 is 0 Å². The molecule has 0 amide bonds. The maximum Gasteiger partial charge on any atom is 0.0684 e. The summed E-state index contributed by atoms with van der Waals surface area (Å²) in [5.41, 5.74) is -0.176. The van der Waals surface area contributed by atoms with Crippen LogP contribution in [0.2, 0.25) is 0 Å². The van der Waals surface area contributed by atoms with Crippen LogP contribution in [-0.4, -0.2) is 37.1 Å². The molecule has 1 N–H and O–H groups in total. The van der Waals surface area contributed by atoms with E-state index >= 15 is 0 Å². The Morgan fingerprint density at radius 1 is 1.57 bits per heavy atom. The van der Waals surface area contributed by atoms with Gasteiger partial charge in [-0.15, -0.1) is 0 Å². The summed E-state index contributed by atoms with van der Waals surface area (Å²) in [4.78, 5) is 2.47. The van der Waals surface area contributed by atoms with Gasteiger partial charge < -0.3 is 5.32 Å². The summed E-state index contributed by atoms with van der Waals surface area (Å²) in [7, 11) is 0. The van der Waals surface area contributed by atoms with Crippen molar-refractivity contribution in [1.82, 2.24) is 10.2 Å². The number of nitrogens with one attached hydrogen (secondary N) is 1. The smallest absolute Gasteiger partial charge is 0.0684 e. The third-order valence-corrected chi connectivity index (χ3v) is 2.97. The minimum absolute atomic E-state index is 0.176. The second kappa shape index (κ2) is 4.77. The average Bonchev–Trinajstić information content (AvgIpc) is 2.17. The van der Waals surface area contributed by atoms with Crippen LogP contribution in [0.3, 0.4) is 0 Å². The first kappa shape index (κ1) is 11.5. The Morgan fingerprint density at radius 3 is 2.86 bits per heavy atom. The Bertz CT molecular complexity index is 217. The second-order valence-corrected chi connectivity index (χ2v) is 4.83. The Morgan fingerprint density at radius 2 is 2.29 bits per heavy atom. The highest BCUT2D eigenvalue weighted by Crippen LogP contribution is 2.19. The first-order chi connectivity index (χ1) is 6.55. The first-order valence-electron chi connectivity index (χ1n) is 5.41. The van der Waals surface area contributed by atoms with E-state index in [9.17, 15) is 0 Å². The maximum absolute atomic E-state index is 8.91. The molecule has 0 aromatic heterocycles. The van der Waals surface area contributed by atoms with Gasteiger partial charge in [-0.1, -0.05) is 0 Å². The van der Waals surface area contributed by atoms with Crippen molar-refractivity contribution in [3.8, 4) is 6.07 Å². The van der Waals surface area contributed by atoms with Crippen LogP contribution in [0.5, 0.6) is 0 Å². The lowest BCUT2D eigenvalue weighted by Gasteiger charge is -2.35. The summed E-state index contributed by atoms with van der Waals surface area (Å²) in [5, 5.41) is 12.3. The van der Waals surface area contributed by atoms with E-state index in [4.69, 9.17) is 5.26 Å².